The van der Waals surface area contributed by atoms with Gasteiger partial charge in [-0.3, -0.25) is 0 Å². The van der Waals surface area contributed by atoms with E-state index < -0.39 is 0 Å². The van der Waals surface area contributed by atoms with Gasteiger partial charge >= 0.3 is 6.03 Å². The van der Waals surface area contributed by atoms with Gasteiger partial charge in [0, 0.05) is 13.6 Å². The molecule has 0 radical (unpaired) electrons. The van der Waals surface area contributed by atoms with Gasteiger partial charge in [-0.25, -0.2) is 4.79 Å². The van der Waals surface area contributed by atoms with Crippen LogP contribution in [-0.4, -0.2) is 38.7 Å². The number of aryl methyl sites for hydroxylation is 1. The average molecular weight is 250 g/mol. The molecule has 1 aromatic rings. The standard InChI is InChI=1S/C13H18N2O3/c1-8-5-11(17-3)12(18-4)6-9(8)10-7-15(2)13(16)14-10/h5-6,10H,7H2,1-4H3,(H,14,16). The lowest BCUT2D eigenvalue weighted by Gasteiger charge is -2.16. The number of urea groups is 1. The van der Waals surface area contributed by atoms with Crippen LogP contribution in [0.3, 0.4) is 0 Å². The molecule has 0 aliphatic carbocycles. The topological polar surface area (TPSA) is 50.8 Å². The van der Waals surface area contributed by atoms with Crippen molar-refractivity contribution in [3.63, 3.8) is 0 Å². The highest BCUT2D eigenvalue weighted by Gasteiger charge is 2.28. The molecule has 1 saturated heterocycles. The minimum Gasteiger partial charge on any atom is -0.493 e. The summed E-state index contributed by atoms with van der Waals surface area (Å²) in [7, 11) is 5.00. The molecule has 98 valence electrons. The van der Waals surface area contributed by atoms with E-state index in [0.717, 1.165) is 11.1 Å². The van der Waals surface area contributed by atoms with Gasteiger partial charge in [-0.2, -0.15) is 0 Å². The normalized spacial score (nSPS) is 18.8. The highest BCUT2D eigenvalue weighted by Crippen LogP contribution is 2.34. The van der Waals surface area contributed by atoms with Gasteiger partial charge < -0.3 is 19.7 Å². The van der Waals surface area contributed by atoms with Crippen LogP contribution in [0, 0.1) is 6.92 Å². The fourth-order valence-electron chi connectivity index (χ4n) is 2.21. The monoisotopic (exact) mass is 250 g/mol. The van der Waals surface area contributed by atoms with Gasteiger partial charge in [0.15, 0.2) is 11.5 Å². The number of methoxy groups -OCH3 is 2. The zero-order chi connectivity index (χ0) is 13.3. The molecule has 1 atom stereocenters. The summed E-state index contributed by atoms with van der Waals surface area (Å²) in [6.07, 6.45) is 0. The Bertz CT molecular complexity index is 474. The molecule has 18 heavy (non-hydrogen) atoms. The van der Waals surface area contributed by atoms with Gasteiger partial charge in [0.1, 0.15) is 0 Å². The summed E-state index contributed by atoms with van der Waals surface area (Å²) in [4.78, 5) is 13.2. The van der Waals surface area contributed by atoms with Crippen LogP contribution < -0.4 is 14.8 Å². The van der Waals surface area contributed by atoms with Gasteiger partial charge in [0.2, 0.25) is 0 Å². The minimum absolute atomic E-state index is 0.00214. The Morgan fingerprint density at radius 2 is 1.89 bits per heavy atom. The van der Waals surface area contributed by atoms with E-state index in [1.807, 2.05) is 19.1 Å². The third kappa shape index (κ3) is 2.08. The smallest absolute Gasteiger partial charge is 0.317 e. The zero-order valence-corrected chi connectivity index (χ0v) is 11.1. The van der Waals surface area contributed by atoms with Gasteiger partial charge in [0.25, 0.3) is 0 Å². The molecular weight excluding hydrogens is 232 g/mol. The van der Waals surface area contributed by atoms with Crippen molar-refractivity contribution >= 4 is 6.03 Å². The van der Waals surface area contributed by atoms with Gasteiger partial charge in [0.05, 0.1) is 20.3 Å². The number of nitrogens with one attached hydrogen (secondary N) is 1. The fraction of sp³-hybridized carbons (Fsp3) is 0.462. The predicted molar refractivity (Wildman–Crippen MR) is 68.2 cm³/mol. The summed E-state index contributed by atoms with van der Waals surface area (Å²) < 4.78 is 10.5. The SMILES string of the molecule is COc1cc(C)c(C2CN(C)C(=O)N2)cc1OC. The van der Waals surface area contributed by atoms with Crippen LogP contribution in [0.2, 0.25) is 0 Å². The predicted octanol–water partition coefficient (Wildman–Crippen LogP) is 1.71. The molecular formula is C13H18N2O3. The average Bonchev–Trinajstić information content (AvgIpc) is 2.69. The fourth-order valence-corrected chi connectivity index (χ4v) is 2.21. The summed E-state index contributed by atoms with van der Waals surface area (Å²) in [6, 6.07) is 3.81. The van der Waals surface area contributed by atoms with Crippen molar-refractivity contribution in [2.75, 3.05) is 27.8 Å². The second-order valence-electron chi connectivity index (χ2n) is 4.45. The quantitative estimate of drug-likeness (QED) is 0.888. The van der Waals surface area contributed by atoms with Crippen molar-refractivity contribution in [3.05, 3.63) is 23.3 Å². The van der Waals surface area contributed by atoms with Crippen LogP contribution in [0.5, 0.6) is 11.5 Å². The lowest BCUT2D eigenvalue weighted by molar-refractivity contribution is 0.226. The lowest BCUT2D eigenvalue weighted by Crippen LogP contribution is -2.24. The van der Waals surface area contributed by atoms with Crippen LogP contribution in [0.1, 0.15) is 17.2 Å². The van der Waals surface area contributed by atoms with E-state index >= 15 is 0 Å². The summed E-state index contributed by atoms with van der Waals surface area (Å²) in [5.41, 5.74) is 2.14. The maximum Gasteiger partial charge on any atom is 0.317 e. The Morgan fingerprint density at radius 1 is 1.28 bits per heavy atom. The summed E-state index contributed by atoms with van der Waals surface area (Å²) in [5, 5.41) is 2.94. The van der Waals surface area contributed by atoms with E-state index in [4.69, 9.17) is 9.47 Å². The summed E-state index contributed by atoms with van der Waals surface area (Å²) in [5.74, 6) is 1.39. The number of hydrogen-bond acceptors (Lipinski definition) is 3. The first-order chi connectivity index (χ1) is 8.56. The molecule has 1 aliphatic heterocycles. The molecule has 0 spiro atoms. The Kier molecular flexibility index (Phi) is 3.32. The van der Waals surface area contributed by atoms with E-state index in [9.17, 15) is 4.79 Å². The lowest BCUT2D eigenvalue weighted by atomic mass is 10.0. The number of likely N-dealkylation sites (N-methyl/N-ethyl adjacent to an activating group) is 1. The third-order valence-electron chi connectivity index (χ3n) is 3.25. The van der Waals surface area contributed by atoms with Gasteiger partial charge in [-0.1, -0.05) is 0 Å². The number of carbonyl (C=O) groups excluding carboxylic acids is 1. The Morgan fingerprint density at radius 3 is 2.39 bits per heavy atom. The molecule has 0 aromatic heterocycles. The van der Waals surface area contributed by atoms with E-state index in [1.54, 1.807) is 26.2 Å². The Hall–Kier alpha value is -1.91. The second kappa shape index (κ2) is 4.76. The maximum absolute atomic E-state index is 11.5. The first-order valence-electron chi connectivity index (χ1n) is 5.81. The number of hydrogen-bond donors (Lipinski definition) is 1. The number of benzene rings is 1. The third-order valence-corrected chi connectivity index (χ3v) is 3.25. The van der Waals surface area contributed by atoms with E-state index in [2.05, 4.69) is 5.32 Å². The van der Waals surface area contributed by atoms with Gasteiger partial charge in [-0.15, -0.1) is 0 Å². The molecule has 1 unspecified atom stereocenters. The highest BCUT2D eigenvalue weighted by molar-refractivity contribution is 5.77. The molecule has 5 heteroatoms. The van der Waals surface area contributed by atoms with Gasteiger partial charge in [-0.05, 0) is 30.2 Å². The molecule has 1 fully saturated rings. The molecule has 1 aliphatic rings. The van der Waals surface area contributed by atoms with E-state index in [1.165, 1.54) is 0 Å². The first kappa shape index (κ1) is 12.5. The molecule has 2 amide bonds. The highest BCUT2D eigenvalue weighted by atomic mass is 16.5. The molecule has 0 saturated carbocycles. The molecule has 0 bridgehead atoms. The van der Waals surface area contributed by atoms with Crippen molar-refractivity contribution in [2.24, 2.45) is 0 Å². The van der Waals surface area contributed by atoms with E-state index in [-0.39, 0.29) is 12.1 Å². The van der Waals surface area contributed by atoms with Crippen molar-refractivity contribution in [2.45, 2.75) is 13.0 Å². The number of amides is 2. The van der Waals surface area contributed by atoms with Crippen LogP contribution in [0.4, 0.5) is 4.79 Å². The van der Waals surface area contributed by atoms with Crippen molar-refractivity contribution in [1.82, 2.24) is 10.2 Å². The van der Waals surface area contributed by atoms with E-state index in [0.29, 0.717) is 18.0 Å². The second-order valence-corrected chi connectivity index (χ2v) is 4.45. The number of ether oxygens (including phenoxy) is 2. The van der Waals surface area contributed by atoms with Crippen LogP contribution in [0.15, 0.2) is 12.1 Å². The molecule has 1 N–H and O–H groups in total. The minimum atomic E-state index is -0.0471. The number of carbonyl (C=O) groups is 1. The zero-order valence-electron chi connectivity index (χ0n) is 11.1. The van der Waals surface area contributed by atoms with Crippen LogP contribution in [0.25, 0.3) is 0 Å². The molecule has 5 nitrogen and oxygen atoms in total. The Labute approximate surface area is 107 Å². The first-order valence-corrected chi connectivity index (χ1v) is 5.81. The molecule has 2 rings (SSSR count). The Balaban J connectivity index is 2.36. The van der Waals surface area contributed by atoms with Crippen molar-refractivity contribution in [3.8, 4) is 11.5 Å². The maximum atomic E-state index is 11.5. The van der Waals surface area contributed by atoms with Crippen LogP contribution in [-0.2, 0) is 0 Å². The summed E-state index contributed by atoms with van der Waals surface area (Å²) in [6.45, 7) is 2.66. The number of rotatable bonds is 3. The molecule has 1 aromatic carbocycles. The largest absolute Gasteiger partial charge is 0.493 e. The van der Waals surface area contributed by atoms with Crippen LogP contribution >= 0.6 is 0 Å². The van der Waals surface area contributed by atoms with Crippen molar-refractivity contribution in [1.29, 1.82) is 0 Å². The molecule has 1 heterocycles. The van der Waals surface area contributed by atoms with Crippen molar-refractivity contribution < 1.29 is 14.3 Å². The summed E-state index contributed by atoms with van der Waals surface area (Å²) >= 11 is 0. The number of nitrogens with zero attached hydrogens (tertiary/aromatic N) is 1.